The Kier molecular flexibility index (Phi) is 7.35. The van der Waals surface area contributed by atoms with Crippen molar-refractivity contribution in [3.63, 3.8) is 0 Å². The molecule has 0 bridgehead atoms. The molecule has 1 aromatic carbocycles. The van der Waals surface area contributed by atoms with Gasteiger partial charge >= 0.3 is 6.09 Å². The summed E-state index contributed by atoms with van der Waals surface area (Å²) in [7, 11) is 0. The Morgan fingerprint density at radius 2 is 1.97 bits per heavy atom. The second kappa shape index (κ2) is 10.4. The molecule has 7 nitrogen and oxygen atoms in total. The average Bonchev–Trinajstić information content (AvgIpc) is 2.80. The van der Waals surface area contributed by atoms with Crippen molar-refractivity contribution in [1.29, 1.82) is 0 Å². The lowest BCUT2D eigenvalue weighted by Crippen LogP contribution is -2.42. The number of nitrogens with zero attached hydrogens (tertiary/aromatic N) is 3. The predicted molar refractivity (Wildman–Crippen MR) is 121 cm³/mol. The number of likely N-dealkylation sites (tertiary alicyclic amines) is 1. The molecule has 2 aliphatic rings. The Balaban J connectivity index is 1.43. The van der Waals surface area contributed by atoms with E-state index in [0.717, 1.165) is 68.4 Å². The van der Waals surface area contributed by atoms with Gasteiger partial charge in [0.15, 0.2) is 0 Å². The number of fused-ring (bicyclic) bond motifs is 1. The van der Waals surface area contributed by atoms with Crippen LogP contribution in [0.4, 0.5) is 10.5 Å². The van der Waals surface area contributed by atoms with E-state index < -0.39 is 0 Å². The van der Waals surface area contributed by atoms with E-state index in [1.807, 2.05) is 6.07 Å². The van der Waals surface area contributed by atoms with Gasteiger partial charge in [0.2, 0.25) is 5.88 Å². The highest BCUT2D eigenvalue weighted by Gasteiger charge is 2.26. The molecule has 2 fully saturated rings. The van der Waals surface area contributed by atoms with Gasteiger partial charge in [0.1, 0.15) is 11.3 Å². The molecule has 1 aromatic heterocycles. The molecule has 3 heterocycles. The average molecular weight is 448 g/mol. The number of morpholine rings is 1. The second-order valence-electron chi connectivity index (χ2n) is 8.03. The van der Waals surface area contributed by atoms with Crippen LogP contribution in [0.2, 0.25) is 5.15 Å². The molecule has 2 aliphatic heterocycles. The zero-order valence-corrected chi connectivity index (χ0v) is 18.8. The summed E-state index contributed by atoms with van der Waals surface area (Å²) in [6, 6.07) is 8.16. The molecule has 0 atom stereocenters. The number of rotatable bonds is 6. The predicted octanol–water partition coefficient (Wildman–Crippen LogP) is 4.50. The zero-order valence-electron chi connectivity index (χ0n) is 18.0. The maximum atomic E-state index is 12.2. The van der Waals surface area contributed by atoms with Crippen LogP contribution in [0.1, 0.15) is 32.6 Å². The van der Waals surface area contributed by atoms with Crippen LogP contribution < -0.4 is 9.64 Å². The first-order chi connectivity index (χ1) is 15.1. The first-order valence-corrected chi connectivity index (χ1v) is 11.5. The van der Waals surface area contributed by atoms with E-state index in [2.05, 4.69) is 35.0 Å². The van der Waals surface area contributed by atoms with Gasteiger partial charge in [-0.15, -0.1) is 0 Å². The number of halogens is 1. The standard InChI is InChI=1S/C23H30ClN3O4/c1-2-3-12-30-23(28)27-8-6-19(7-9-27)31-22-20-16-18(26-10-13-29-14-11-26)5-4-17(20)15-21(24)25-22/h4-5,15-16,19H,2-3,6-14H2,1H3. The van der Waals surface area contributed by atoms with Crippen LogP contribution >= 0.6 is 11.6 Å². The number of anilines is 1. The SMILES string of the molecule is CCCCOC(=O)N1CCC(Oc2nc(Cl)cc3ccc(N4CCOCC4)cc23)CC1. The second-order valence-corrected chi connectivity index (χ2v) is 8.41. The van der Waals surface area contributed by atoms with Crippen molar-refractivity contribution in [2.45, 2.75) is 38.7 Å². The molecule has 0 spiro atoms. The van der Waals surface area contributed by atoms with Gasteiger partial charge in [-0.3, -0.25) is 0 Å². The molecular formula is C23H30ClN3O4. The van der Waals surface area contributed by atoms with E-state index in [0.29, 0.717) is 30.7 Å². The molecule has 0 radical (unpaired) electrons. The number of hydrogen-bond donors (Lipinski definition) is 0. The van der Waals surface area contributed by atoms with E-state index in [1.54, 1.807) is 4.90 Å². The number of hydrogen-bond acceptors (Lipinski definition) is 6. The summed E-state index contributed by atoms with van der Waals surface area (Å²) in [5.41, 5.74) is 1.13. The number of piperidine rings is 1. The first-order valence-electron chi connectivity index (χ1n) is 11.2. The summed E-state index contributed by atoms with van der Waals surface area (Å²) in [6.45, 7) is 7.01. The summed E-state index contributed by atoms with van der Waals surface area (Å²) < 4.78 is 17.1. The molecule has 168 valence electrons. The fourth-order valence-electron chi connectivity index (χ4n) is 3.99. The summed E-state index contributed by atoms with van der Waals surface area (Å²) in [6.07, 6.45) is 3.14. The number of amides is 1. The highest BCUT2D eigenvalue weighted by Crippen LogP contribution is 2.32. The molecule has 2 aromatic rings. The number of benzene rings is 1. The highest BCUT2D eigenvalue weighted by molar-refractivity contribution is 6.30. The summed E-state index contributed by atoms with van der Waals surface area (Å²) >= 11 is 6.27. The lowest BCUT2D eigenvalue weighted by molar-refractivity contribution is 0.0661. The van der Waals surface area contributed by atoms with E-state index >= 15 is 0 Å². The molecule has 8 heteroatoms. The van der Waals surface area contributed by atoms with Crippen molar-refractivity contribution in [2.75, 3.05) is 50.9 Å². The highest BCUT2D eigenvalue weighted by atomic mass is 35.5. The van der Waals surface area contributed by atoms with Crippen LogP contribution in [-0.4, -0.2) is 68.1 Å². The van der Waals surface area contributed by atoms with E-state index in [-0.39, 0.29) is 12.2 Å². The lowest BCUT2D eigenvalue weighted by atomic mass is 10.1. The van der Waals surface area contributed by atoms with Crippen LogP contribution in [0.15, 0.2) is 24.3 Å². The largest absolute Gasteiger partial charge is 0.474 e. The van der Waals surface area contributed by atoms with Gasteiger partial charge in [-0.1, -0.05) is 31.0 Å². The minimum atomic E-state index is -0.228. The number of aromatic nitrogens is 1. The van der Waals surface area contributed by atoms with Gasteiger partial charge in [0.05, 0.1) is 19.8 Å². The molecule has 0 saturated carbocycles. The number of ether oxygens (including phenoxy) is 3. The van der Waals surface area contributed by atoms with Gasteiger partial charge in [-0.05, 0) is 30.0 Å². The third-order valence-electron chi connectivity index (χ3n) is 5.83. The van der Waals surface area contributed by atoms with Crippen molar-refractivity contribution in [3.8, 4) is 5.88 Å². The Morgan fingerprint density at radius 3 is 2.71 bits per heavy atom. The van der Waals surface area contributed by atoms with E-state index in [1.165, 1.54) is 0 Å². The summed E-state index contributed by atoms with van der Waals surface area (Å²) in [5.74, 6) is 0.557. The van der Waals surface area contributed by atoms with Gasteiger partial charge < -0.3 is 24.0 Å². The smallest absolute Gasteiger partial charge is 0.409 e. The Bertz CT molecular complexity index is 896. The van der Waals surface area contributed by atoms with Crippen LogP contribution in [0.3, 0.4) is 0 Å². The molecular weight excluding hydrogens is 418 g/mol. The third kappa shape index (κ3) is 5.52. The fourth-order valence-corrected chi connectivity index (χ4v) is 4.18. The monoisotopic (exact) mass is 447 g/mol. The molecule has 2 saturated heterocycles. The Labute approximate surface area is 188 Å². The number of pyridine rings is 1. The van der Waals surface area contributed by atoms with Crippen LogP contribution in [0.5, 0.6) is 5.88 Å². The topological polar surface area (TPSA) is 64.1 Å². The van der Waals surface area contributed by atoms with Crippen LogP contribution in [0.25, 0.3) is 10.8 Å². The maximum absolute atomic E-state index is 12.2. The van der Waals surface area contributed by atoms with Crippen molar-refractivity contribution in [3.05, 3.63) is 29.4 Å². The molecule has 1 amide bonds. The zero-order chi connectivity index (χ0) is 21.6. The van der Waals surface area contributed by atoms with Crippen molar-refractivity contribution < 1.29 is 19.0 Å². The van der Waals surface area contributed by atoms with Crippen molar-refractivity contribution in [2.24, 2.45) is 0 Å². The third-order valence-corrected chi connectivity index (χ3v) is 6.02. The number of carbonyl (C=O) groups is 1. The summed E-state index contributed by atoms with van der Waals surface area (Å²) in [4.78, 5) is 20.7. The fraction of sp³-hybridized carbons (Fsp3) is 0.565. The molecule has 0 N–H and O–H groups in total. The molecule has 4 rings (SSSR count). The minimum Gasteiger partial charge on any atom is -0.474 e. The maximum Gasteiger partial charge on any atom is 0.409 e. The van der Waals surface area contributed by atoms with Crippen molar-refractivity contribution in [1.82, 2.24) is 9.88 Å². The minimum absolute atomic E-state index is 0.0131. The van der Waals surface area contributed by atoms with Crippen LogP contribution in [0, 0.1) is 0 Å². The normalized spacial score (nSPS) is 17.7. The first kappa shape index (κ1) is 22.0. The van der Waals surface area contributed by atoms with Gasteiger partial charge in [0, 0.05) is 50.1 Å². The quantitative estimate of drug-likeness (QED) is 0.479. The van der Waals surface area contributed by atoms with Crippen LogP contribution in [-0.2, 0) is 9.47 Å². The lowest BCUT2D eigenvalue weighted by Gasteiger charge is -2.31. The van der Waals surface area contributed by atoms with Gasteiger partial charge in [-0.2, -0.15) is 0 Å². The van der Waals surface area contributed by atoms with E-state index in [9.17, 15) is 4.79 Å². The van der Waals surface area contributed by atoms with Gasteiger partial charge in [0.25, 0.3) is 0 Å². The summed E-state index contributed by atoms with van der Waals surface area (Å²) in [5, 5.41) is 2.37. The Morgan fingerprint density at radius 1 is 1.19 bits per heavy atom. The molecule has 0 unspecified atom stereocenters. The van der Waals surface area contributed by atoms with Crippen molar-refractivity contribution >= 4 is 34.2 Å². The number of carbonyl (C=O) groups excluding carboxylic acids is 1. The van der Waals surface area contributed by atoms with Gasteiger partial charge in [-0.25, -0.2) is 9.78 Å². The molecule has 31 heavy (non-hydrogen) atoms. The Hall–Kier alpha value is -2.25. The molecule has 0 aliphatic carbocycles. The number of unbranched alkanes of at least 4 members (excludes halogenated alkanes) is 1. The van der Waals surface area contributed by atoms with E-state index in [4.69, 9.17) is 25.8 Å².